The quantitative estimate of drug-likeness (QED) is 0.622. The van der Waals surface area contributed by atoms with Crippen molar-refractivity contribution in [3.05, 3.63) is 0 Å². The summed E-state index contributed by atoms with van der Waals surface area (Å²) < 4.78 is 4.70. The Kier molecular flexibility index (Phi) is 4.18. The summed E-state index contributed by atoms with van der Waals surface area (Å²) in [4.78, 5) is 13.5. The Hall–Kier alpha value is -0.610. The second kappa shape index (κ2) is 5.19. The van der Waals surface area contributed by atoms with E-state index in [2.05, 4.69) is 4.90 Å². The van der Waals surface area contributed by atoms with E-state index in [0.717, 1.165) is 32.5 Å². The first-order valence-electron chi connectivity index (χ1n) is 4.78. The number of esters is 1. The summed E-state index contributed by atoms with van der Waals surface area (Å²) in [7, 11) is 1.45. The lowest BCUT2D eigenvalue weighted by Gasteiger charge is -2.29. The molecule has 0 unspecified atom stereocenters. The highest BCUT2D eigenvalue weighted by Crippen LogP contribution is 2.17. The zero-order chi connectivity index (χ0) is 9.68. The SMILES string of the molecule is COC(=O)C1CCN(CCN)CC1. The molecule has 0 saturated carbocycles. The Morgan fingerprint density at radius 3 is 2.62 bits per heavy atom. The second-order valence-electron chi connectivity index (χ2n) is 3.43. The number of rotatable bonds is 3. The molecule has 4 nitrogen and oxygen atoms in total. The number of likely N-dealkylation sites (tertiary alicyclic amines) is 1. The van der Waals surface area contributed by atoms with Crippen molar-refractivity contribution in [3.63, 3.8) is 0 Å². The summed E-state index contributed by atoms with van der Waals surface area (Å²) in [6, 6.07) is 0. The van der Waals surface area contributed by atoms with Gasteiger partial charge in [-0.25, -0.2) is 0 Å². The molecule has 76 valence electrons. The van der Waals surface area contributed by atoms with Crippen LogP contribution in [0.2, 0.25) is 0 Å². The van der Waals surface area contributed by atoms with Crippen molar-refractivity contribution in [2.45, 2.75) is 12.8 Å². The minimum absolute atomic E-state index is 0.0626. The molecular weight excluding hydrogens is 168 g/mol. The molecule has 1 aliphatic rings. The number of hydrogen-bond donors (Lipinski definition) is 1. The van der Waals surface area contributed by atoms with E-state index in [1.807, 2.05) is 0 Å². The Morgan fingerprint density at radius 2 is 2.15 bits per heavy atom. The van der Waals surface area contributed by atoms with Crippen LogP contribution in [0.1, 0.15) is 12.8 Å². The zero-order valence-electron chi connectivity index (χ0n) is 8.16. The Bertz CT molecular complexity index is 165. The third kappa shape index (κ3) is 2.97. The maximum Gasteiger partial charge on any atom is 0.308 e. The van der Waals surface area contributed by atoms with Gasteiger partial charge < -0.3 is 15.4 Å². The lowest BCUT2D eigenvalue weighted by molar-refractivity contribution is -0.147. The van der Waals surface area contributed by atoms with Gasteiger partial charge in [-0.2, -0.15) is 0 Å². The topological polar surface area (TPSA) is 55.6 Å². The van der Waals surface area contributed by atoms with Gasteiger partial charge in [-0.05, 0) is 25.9 Å². The molecule has 0 spiro atoms. The van der Waals surface area contributed by atoms with Crippen LogP contribution in [-0.2, 0) is 9.53 Å². The van der Waals surface area contributed by atoms with Gasteiger partial charge in [-0.1, -0.05) is 0 Å². The molecule has 13 heavy (non-hydrogen) atoms. The van der Waals surface area contributed by atoms with E-state index < -0.39 is 0 Å². The molecule has 1 fully saturated rings. The molecule has 1 heterocycles. The average molecular weight is 186 g/mol. The molecule has 0 aromatic heterocycles. The third-order valence-corrected chi connectivity index (χ3v) is 2.57. The van der Waals surface area contributed by atoms with Crippen LogP contribution in [0.4, 0.5) is 0 Å². The number of nitrogens with two attached hydrogens (primary N) is 1. The van der Waals surface area contributed by atoms with E-state index in [0.29, 0.717) is 6.54 Å². The standard InChI is InChI=1S/C9H18N2O2/c1-13-9(12)8-2-5-11(6-3-8)7-4-10/h8H,2-7,10H2,1H3. The smallest absolute Gasteiger partial charge is 0.308 e. The van der Waals surface area contributed by atoms with Crippen LogP contribution in [0.25, 0.3) is 0 Å². The van der Waals surface area contributed by atoms with Crippen molar-refractivity contribution >= 4 is 5.97 Å². The minimum atomic E-state index is -0.0626. The first-order valence-corrected chi connectivity index (χ1v) is 4.78. The lowest BCUT2D eigenvalue weighted by Crippen LogP contribution is -2.39. The van der Waals surface area contributed by atoms with Crippen LogP contribution in [0.5, 0.6) is 0 Å². The maximum atomic E-state index is 11.2. The highest BCUT2D eigenvalue weighted by molar-refractivity contribution is 5.72. The maximum absolute atomic E-state index is 11.2. The van der Waals surface area contributed by atoms with Crippen LogP contribution in [-0.4, -0.2) is 44.2 Å². The van der Waals surface area contributed by atoms with Crippen molar-refractivity contribution in [2.75, 3.05) is 33.3 Å². The molecule has 0 aromatic rings. The summed E-state index contributed by atoms with van der Waals surface area (Å²) in [6.07, 6.45) is 1.82. The van der Waals surface area contributed by atoms with Gasteiger partial charge in [-0.3, -0.25) is 4.79 Å². The summed E-state index contributed by atoms with van der Waals surface area (Å²) in [5.74, 6) is 0.0476. The largest absolute Gasteiger partial charge is 0.469 e. The molecule has 1 rings (SSSR count). The number of carbonyl (C=O) groups excluding carboxylic acids is 1. The molecule has 0 bridgehead atoms. The first kappa shape index (κ1) is 10.5. The van der Waals surface area contributed by atoms with Gasteiger partial charge in [0.25, 0.3) is 0 Å². The number of methoxy groups -OCH3 is 1. The van der Waals surface area contributed by atoms with Crippen molar-refractivity contribution in [1.82, 2.24) is 4.90 Å². The summed E-state index contributed by atoms with van der Waals surface area (Å²) in [5.41, 5.74) is 5.45. The Labute approximate surface area is 79.0 Å². The summed E-state index contributed by atoms with van der Waals surface area (Å²) >= 11 is 0. The van der Waals surface area contributed by atoms with E-state index in [9.17, 15) is 4.79 Å². The molecular formula is C9H18N2O2. The van der Waals surface area contributed by atoms with Crippen LogP contribution in [0, 0.1) is 5.92 Å². The minimum Gasteiger partial charge on any atom is -0.469 e. The van der Waals surface area contributed by atoms with E-state index in [-0.39, 0.29) is 11.9 Å². The van der Waals surface area contributed by atoms with Crippen LogP contribution < -0.4 is 5.73 Å². The zero-order valence-corrected chi connectivity index (χ0v) is 8.16. The summed E-state index contributed by atoms with van der Waals surface area (Å²) in [6.45, 7) is 3.57. The monoisotopic (exact) mass is 186 g/mol. The van der Waals surface area contributed by atoms with E-state index in [4.69, 9.17) is 10.5 Å². The van der Waals surface area contributed by atoms with Gasteiger partial charge in [0, 0.05) is 13.1 Å². The molecule has 1 aliphatic heterocycles. The van der Waals surface area contributed by atoms with Gasteiger partial charge in [0.15, 0.2) is 0 Å². The van der Waals surface area contributed by atoms with Crippen LogP contribution >= 0.6 is 0 Å². The fraction of sp³-hybridized carbons (Fsp3) is 0.889. The van der Waals surface area contributed by atoms with Crippen LogP contribution in [0.15, 0.2) is 0 Å². The molecule has 0 aromatic carbocycles. The van der Waals surface area contributed by atoms with Gasteiger partial charge in [-0.15, -0.1) is 0 Å². The summed E-state index contributed by atoms with van der Waals surface area (Å²) in [5, 5.41) is 0. The highest BCUT2D eigenvalue weighted by Gasteiger charge is 2.24. The van der Waals surface area contributed by atoms with Gasteiger partial charge in [0.05, 0.1) is 13.0 Å². The van der Waals surface area contributed by atoms with Gasteiger partial charge in [0.1, 0.15) is 0 Å². The van der Waals surface area contributed by atoms with Crippen molar-refractivity contribution in [2.24, 2.45) is 11.7 Å². The number of ether oxygens (including phenoxy) is 1. The van der Waals surface area contributed by atoms with E-state index in [1.165, 1.54) is 7.11 Å². The van der Waals surface area contributed by atoms with E-state index in [1.54, 1.807) is 0 Å². The molecule has 0 radical (unpaired) electrons. The van der Waals surface area contributed by atoms with Crippen molar-refractivity contribution < 1.29 is 9.53 Å². The Balaban J connectivity index is 2.26. The predicted molar refractivity (Wildman–Crippen MR) is 50.2 cm³/mol. The highest BCUT2D eigenvalue weighted by atomic mass is 16.5. The molecule has 2 N–H and O–H groups in total. The Morgan fingerprint density at radius 1 is 1.54 bits per heavy atom. The average Bonchev–Trinajstić information content (AvgIpc) is 2.18. The van der Waals surface area contributed by atoms with Gasteiger partial charge in [0.2, 0.25) is 0 Å². The fourth-order valence-corrected chi connectivity index (χ4v) is 1.74. The number of hydrogen-bond acceptors (Lipinski definition) is 4. The predicted octanol–water partition coefficient (Wildman–Crippen LogP) is -0.170. The number of carbonyl (C=O) groups is 1. The van der Waals surface area contributed by atoms with Gasteiger partial charge >= 0.3 is 5.97 Å². The molecule has 1 saturated heterocycles. The first-order chi connectivity index (χ1) is 6.27. The number of piperidine rings is 1. The normalized spacial score (nSPS) is 20.2. The molecule has 0 atom stereocenters. The van der Waals surface area contributed by atoms with E-state index >= 15 is 0 Å². The third-order valence-electron chi connectivity index (χ3n) is 2.57. The number of nitrogens with zero attached hydrogens (tertiary/aromatic N) is 1. The molecule has 0 aliphatic carbocycles. The molecule has 0 amide bonds. The lowest BCUT2D eigenvalue weighted by atomic mass is 9.97. The second-order valence-corrected chi connectivity index (χ2v) is 3.43. The van der Waals surface area contributed by atoms with Crippen molar-refractivity contribution in [3.8, 4) is 0 Å². The molecule has 4 heteroatoms. The fourth-order valence-electron chi connectivity index (χ4n) is 1.74. The van der Waals surface area contributed by atoms with Crippen molar-refractivity contribution in [1.29, 1.82) is 0 Å². The van der Waals surface area contributed by atoms with Crippen LogP contribution in [0.3, 0.4) is 0 Å².